The third-order valence-corrected chi connectivity index (χ3v) is 38.0. The normalized spacial score (nSPS) is 21.2. The summed E-state index contributed by atoms with van der Waals surface area (Å²) in [5, 5.41) is 90.9. The molecule has 2 spiro atoms. The number of benzene rings is 17. The summed E-state index contributed by atoms with van der Waals surface area (Å²) in [6.45, 7) is 5.76. The van der Waals surface area contributed by atoms with Gasteiger partial charge in [-0.3, -0.25) is 4.90 Å². The van der Waals surface area contributed by atoms with E-state index >= 15 is 0 Å². The van der Waals surface area contributed by atoms with Crippen molar-refractivity contribution < 1.29 is 17.1 Å². The van der Waals surface area contributed by atoms with Gasteiger partial charge in [0.05, 0.1) is 16.9 Å². The first kappa shape index (κ1) is 52.7. The fourth-order valence-electron chi connectivity index (χ4n) is 31.0. The SMILES string of the molecule is CCCCCCc1cc([C]2[CH][CH][CH][CH]2)sc1-c1ccc(-c2ccc(-c3sc(C4N(C)CC56c7c8c9c%10c%11c%12c(c%13c%14c5c5c%15c7c7c%16c8c8c%10c%10c%11c%11c%17c%12c%13c%12c%13c%14c5c5c%14c%15c7c7c%15c%16c8c8c%10c%10c%11c%11c%17c%12c%12c%13c5c5c%14c7c7c%15c8c%10c8c%11c%12c5c78)C946)cc3CCCCCC)s2)s1.[CH]1[CH][CH][CH][CH]1.[Fe+2]. The van der Waals surface area contributed by atoms with Crippen molar-refractivity contribution >= 4 is 336 Å². The maximum atomic E-state index is 3.07. The Morgan fingerprint density at radius 1 is 0.299 bits per heavy atom. The molecule has 39 rings (SSSR count). The molecule has 1 saturated heterocycles. The zero-order chi connectivity index (χ0) is 66.2. The second kappa shape index (κ2) is 15.0. The van der Waals surface area contributed by atoms with E-state index in [2.05, 4.69) is 111 Å². The van der Waals surface area contributed by atoms with Gasteiger partial charge in [-0.15, -0.1) is 45.3 Å². The van der Waals surface area contributed by atoms with Crippen LogP contribution >= 0.6 is 45.3 Å². The molecule has 4 aromatic heterocycles. The van der Waals surface area contributed by atoms with Crippen LogP contribution in [0.4, 0.5) is 0 Å². The second-order valence-electron chi connectivity index (χ2n) is 35.8. The van der Waals surface area contributed by atoms with E-state index in [4.69, 9.17) is 0 Å². The van der Waals surface area contributed by atoms with Crippen LogP contribution in [0.15, 0.2) is 36.4 Å². The molecule has 0 bridgehead atoms. The summed E-state index contributed by atoms with van der Waals surface area (Å²) >= 11 is 8.39. The first-order valence-electron chi connectivity index (χ1n) is 39.9. The zero-order valence-corrected chi connectivity index (χ0v) is 62.3. The Kier molecular flexibility index (Phi) is 7.41. The summed E-state index contributed by atoms with van der Waals surface area (Å²) in [7, 11) is 2.67. The molecule has 486 valence electrons. The van der Waals surface area contributed by atoms with Gasteiger partial charge >= 0.3 is 17.1 Å². The van der Waals surface area contributed by atoms with E-state index in [1.165, 1.54) is 92.1 Å². The van der Waals surface area contributed by atoms with Gasteiger partial charge in [0.25, 0.3) is 0 Å². The molecule has 1 nitrogen and oxygen atoms in total. The summed E-state index contributed by atoms with van der Waals surface area (Å²) < 4.78 is 0. The van der Waals surface area contributed by atoms with Crippen LogP contribution in [0.5, 0.6) is 0 Å². The van der Waals surface area contributed by atoms with Gasteiger partial charge in [0.15, 0.2) is 0 Å². The molecule has 2 saturated carbocycles. The van der Waals surface area contributed by atoms with E-state index in [1.807, 2.05) is 54.8 Å². The predicted octanol–water partition coefficient (Wildman–Crippen LogP) is 29.2. The fourth-order valence-corrected chi connectivity index (χ4v) is 36.0. The minimum atomic E-state index is -0.373. The van der Waals surface area contributed by atoms with Crippen LogP contribution in [0.2, 0.25) is 0 Å². The molecule has 3 atom stereocenters. The largest absolute Gasteiger partial charge is 2.00 e. The molecule has 107 heavy (non-hydrogen) atoms. The summed E-state index contributed by atoms with van der Waals surface area (Å²) in [6.07, 6.45) is 31.5. The maximum absolute atomic E-state index is 3.07. The summed E-state index contributed by atoms with van der Waals surface area (Å²) in [5.74, 6) is 1.36. The van der Waals surface area contributed by atoms with E-state index in [0.717, 1.165) is 19.4 Å². The van der Waals surface area contributed by atoms with Gasteiger partial charge < -0.3 is 0 Å². The van der Waals surface area contributed by atoms with Gasteiger partial charge in [-0.05, 0) is 451 Å². The van der Waals surface area contributed by atoms with Crippen molar-refractivity contribution in [2.24, 2.45) is 0 Å². The van der Waals surface area contributed by atoms with Crippen LogP contribution in [0.1, 0.15) is 114 Å². The monoisotopic (exact) mass is 1460 g/mol. The van der Waals surface area contributed by atoms with Crippen molar-refractivity contribution in [3.05, 3.63) is 143 Å². The molecule has 0 amide bonds. The molecule has 10 radical (unpaired) electrons. The third kappa shape index (κ3) is 4.13. The van der Waals surface area contributed by atoms with Crippen molar-refractivity contribution in [3.63, 3.8) is 0 Å². The number of likely N-dealkylation sites (tertiary alicyclic amines) is 1. The summed E-state index contributed by atoms with van der Waals surface area (Å²) in [5.41, 5.74) is 9.65. The topological polar surface area (TPSA) is 3.24 Å². The van der Waals surface area contributed by atoms with Crippen LogP contribution in [0, 0.1) is 63.7 Å². The molecule has 6 heteroatoms. The van der Waals surface area contributed by atoms with E-state index < -0.39 is 0 Å². The van der Waals surface area contributed by atoms with Crippen LogP contribution in [-0.4, -0.2) is 18.5 Å². The number of likely N-dealkylation sites (N-methyl/N-ethyl adjacent to an activating group) is 1. The number of hydrogen-bond donors (Lipinski definition) is 0. The molecular weight excluding hydrogens is 1410 g/mol. The molecule has 0 N–H and O–H groups in total. The van der Waals surface area contributed by atoms with Crippen LogP contribution in [0.3, 0.4) is 0 Å². The first-order chi connectivity index (χ1) is 52.6. The van der Waals surface area contributed by atoms with Crippen molar-refractivity contribution in [1.29, 1.82) is 0 Å². The molecule has 3 fully saturated rings. The Hall–Kier alpha value is -8.26. The van der Waals surface area contributed by atoms with Crippen molar-refractivity contribution in [2.45, 2.75) is 94.9 Å². The molecule has 28 aromatic carbocycles. The molecule has 32 aromatic rings. The Morgan fingerprint density at radius 2 is 0.589 bits per heavy atom. The van der Waals surface area contributed by atoms with Crippen LogP contribution in [0.25, 0.3) is 320 Å². The van der Waals surface area contributed by atoms with E-state index in [-0.39, 0.29) is 33.9 Å². The first-order valence-corrected chi connectivity index (χ1v) is 43.2. The molecule has 1 aliphatic heterocycles. The predicted molar refractivity (Wildman–Crippen MR) is 460 cm³/mol. The van der Waals surface area contributed by atoms with E-state index in [1.54, 1.807) is 328 Å². The Morgan fingerprint density at radius 3 is 0.972 bits per heavy atom. The van der Waals surface area contributed by atoms with Gasteiger partial charge in [0.1, 0.15) is 0 Å². The minimum absolute atomic E-state index is 0. The smallest absolute Gasteiger partial charge is 0.296 e. The average molecular weight is 1460 g/mol. The summed E-state index contributed by atoms with van der Waals surface area (Å²) in [4.78, 5) is 14.9. The van der Waals surface area contributed by atoms with Gasteiger partial charge in [-0.1, -0.05) is 52.4 Å². The van der Waals surface area contributed by atoms with Crippen LogP contribution < -0.4 is 0 Å². The zero-order valence-electron chi connectivity index (χ0n) is 57.9. The standard InChI is InChI=1S/C96H42NS4.C5H5.Fe/c1-4-6-8-10-16-26-22-32(25-14-12-13-15-25)100-92(26)30-20-18-28(98-30)29-19-21-31(99-29)93-27(17-11-9-7-5-2)23-33(101-93)94-96-90-83-75-63-55-46-37-35-34-36-40(37)49-56-54-45(36)47-43-38(34)41-42-39(35)44-48(46)61(63)69-67-53(44)51(42)59-58-50(41)52(43)66-68-60(47)62(54)74-76-64(56)65(57(49)55)77(75)86(90)85(76)88-81(74)79(68)82-72(66)70(58)78-71(59)73(67)84(80(69)83)91(96)87(78)89(82)95(88,96)24-97(94)3;1-2-4-5-3-1;/h12-15,18-23,94H,4-11,16-17,24H2,1-3H3;1-5H;/q;;+2. The number of hydrogen-bond acceptors (Lipinski definition) is 5. The number of thiophene rings is 4. The van der Waals surface area contributed by atoms with E-state index in [9.17, 15) is 0 Å². The van der Waals surface area contributed by atoms with Gasteiger partial charge in [-0.2, -0.15) is 0 Å². The number of aryl methyl sites for hydroxylation is 2. The second-order valence-corrected chi connectivity index (χ2v) is 40.1. The van der Waals surface area contributed by atoms with Crippen molar-refractivity contribution in [1.82, 2.24) is 4.90 Å². The Bertz CT molecular complexity index is 9260. The average Bonchev–Trinajstić information content (AvgIpc) is 1.38. The number of nitrogens with zero attached hydrogens (tertiary/aromatic N) is 1. The molecule has 7 aliphatic rings. The number of rotatable bonds is 15. The van der Waals surface area contributed by atoms with Crippen LogP contribution in [-0.2, 0) is 40.7 Å². The van der Waals surface area contributed by atoms with Gasteiger partial charge in [0, 0.05) is 51.5 Å². The summed E-state index contributed by atoms with van der Waals surface area (Å²) in [6, 6.07) is 15.6. The van der Waals surface area contributed by atoms with Crippen molar-refractivity contribution in [3.8, 4) is 29.3 Å². The fraction of sp³-hybridized carbons (Fsp3) is 0.168. The molecule has 6 aliphatic carbocycles. The molecule has 5 heterocycles. The Balaban J connectivity index is 0.000000878. The maximum Gasteiger partial charge on any atom is 2.00 e. The van der Waals surface area contributed by atoms with Gasteiger partial charge in [0.2, 0.25) is 0 Å². The molecule has 3 unspecified atom stereocenters. The quantitative estimate of drug-likeness (QED) is 0.0562. The molecular formula is C101H47FeNS4+2. The van der Waals surface area contributed by atoms with Crippen molar-refractivity contribution in [2.75, 3.05) is 13.6 Å². The number of unbranched alkanes of at least 4 members (excludes halogenated alkanes) is 6. The minimum Gasteiger partial charge on any atom is -0.296 e. The van der Waals surface area contributed by atoms with E-state index in [0.29, 0.717) is 0 Å². The van der Waals surface area contributed by atoms with Gasteiger partial charge in [-0.25, -0.2) is 0 Å². The Labute approximate surface area is 633 Å². The third-order valence-electron chi connectivity index (χ3n) is 32.8.